The SMILES string of the molecule is COc1ccc(C2(NC(=O)Nc3cc(C)on3)CC2)cc1OC. The van der Waals surface area contributed by atoms with Crippen LogP contribution in [0, 0.1) is 6.92 Å². The number of anilines is 1. The summed E-state index contributed by atoms with van der Waals surface area (Å²) in [6.45, 7) is 1.77. The summed E-state index contributed by atoms with van der Waals surface area (Å²) in [6.07, 6.45) is 1.74. The van der Waals surface area contributed by atoms with Crippen molar-refractivity contribution in [3.63, 3.8) is 0 Å². The fraction of sp³-hybridized carbons (Fsp3) is 0.375. The van der Waals surface area contributed by atoms with Crippen molar-refractivity contribution in [3.05, 3.63) is 35.6 Å². The number of aromatic nitrogens is 1. The van der Waals surface area contributed by atoms with E-state index in [0.717, 1.165) is 18.4 Å². The number of carbonyl (C=O) groups is 1. The van der Waals surface area contributed by atoms with Crippen LogP contribution in [0.4, 0.5) is 10.6 Å². The van der Waals surface area contributed by atoms with Gasteiger partial charge >= 0.3 is 6.03 Å². The highest BCUT2D eigenvalue weighted by molar-refractivity contribution is 5.89. The standard InChI is InChI=1S/C16H19N3O4/c1-10-8-14(19-23-10)17-15(20)18-16(6-7-16)11-4-5-12(21-2)13(9-11)22-3/h4-5,8-9H,6-7H2,1-3H3,(H2,17,18,19,20). The van der Waals surface area contributed by atoms with E-state index in [9.17, 15) is 4.79 Å². The average molecular weight is 317 g/mol. The smallest absolute Gasteiger partial charge is 0.321 e. The van der Waals surface area contributed by atoms with Crippen molar-refractivity contribution in [1.29, 1.82) is 0 Å². The number of aryl methyl sites for hydroxylation is 1. The van der Waals surface area contributed by atoms with Crippen molar-refractivity contribution in [3.8, 4) is 11.5 Å². The van der Waals surface area contributed by atoms with Gasteiger partial charge in [-0.05, 0) is 37.5 Å². The largest absolute Gasteiger partial charge is 0.493 e. The first-order valence-corrected chi connectivity index (χ1v) is 7.31. The fourth-order valence-electron chi connectivity index (χ4n) is 2.53. The predicted molar refractivity (Wildman–Crippen MR) is 83.9 cm³/mol. The Morgan fingerprint density at radius 2 is 1.96 bits per heavy atom. The fourth-order valence-corrected chi connectivity index (χ4v) is 2.53. The van der Waals surface area contributed by atoms with Crippen molar-refractivity contribution < 1.29 is 18.8 Å². The van der Waals surface area contributed by atoms with Crippen LogP contribution in [0.2, 0.25) is 0 Å². The molecule has 1 saturated carbocycles. The van der Waals surface area contributed by atoms with Crippen LogP contribution < -0.4 is 20.1 Å². The third-order valence-electron chi connectivity index (χ3n) is 3.91. The number of benzene rings is 1. The highest BCUT2D eigenvalue weighted by atomic mass is 16.5. The molecule has 2 amide bonds. The van der Waals surface area contributed by atoms with E-state index in [1.165, 1.54) is 0 Å². The zero-order valence-corrected chi connectivity index (χ0v) is 13.3. The Hall–Kier alpha value is -2.70. The summed E-state index contributed by atoms with van der Waals surface area (Å²) in [4.78, 5) is 12.2. The van der Waals surface area contributed by atoms with Gasteiger partial charge in [0.05, 0.1) is 19.8 Å². The summed E-state index contributed by atoms with van der Waals surface area (Å²) >= 11 is 0. The van der Waals surface area contributed by atoms with Gasteiger partial charge < -0.3 is 19.3 Å². The number of ether oxygens (including phenoxy) is 2. The summed E-state index contributed by atoms with van der Waals surface area (Å²) < 4.78 is 15.5. The second-order valence-electron chi connectivity index (χ2n) is 5.55. The van der Waals surface area contributed by atoms with Crippen LogP contribution >= 0.6 is 0 Å². The maximum absolute atomic E-state index is 12.2. The molecule has 1 aromatic heterocycles. The second kappa shape index (κ2) is 5.83. The molecule has 2 aromatic rings. The third kappa shape index (κ3) is 3.08. The molecular weight excluding hydrogens is 298 g/mol. The molecule has 0 saturated heterocycles. The zero-order chi connectivity index (χ0) is 16.4. The molecule has 0 spiro atoms. The predicted octanol–water partition coefficient (Wildman–Crippen LogP) is 2.81. The molecule has 7 nitrogen and oxygen atoms in total. The summed E-state index contributed by atoms with van der Waals surface area (Å²) in [5.41, 5.74) is 0.615. The Labute approximate surface area is 133 Å². The molecule has 7 heteroatoms. The van der Waals surface area contributed by atoms with E-state index in [0.29, 0.717) is 23.1 Å². The lowest BCUT2D eigenvalue weighted by Crippen LogP contribution is -2.38. The molecule has 122 valence electrons. The molecule has 1 heterocycles. The number of nitrogens with one attached hydrogen (secondary N) is 2. The lowest BCUT2D eigenvalue weighted by atomic mass is 10.0. The number of hydrogen-bond acceptors (Lipinski definition) is 5. The molecular formula is C16H19N3O4. The molecule has 0 bridgehead atoms. The molecule has 23 heavy (non-hydrogen) atoms. The van der Waals surface area contributed by atoms with Gasteiger partial charge in [-0.25, -0.2) is 4.79 Å². The first-order chi connectivity index (χ1) is 11.1. The quantitative estimate of drug-likeness (QED) is 0.885. The third-order valence-corrected chi connectivity index (χ3v) is 3.91. The Bertz CT molecular complexity index is 722. The number of nitrogens with zero attached hydrogens (tertiary/aromatic N) is 1. The summed E-state index contributed by atoms with van der Waals surface area (Å²) in [5, 5.41) is 9.42. The number of hydrogen-bond donors (Lipinski definition) is 2. The van der Waals surface area contributed by atoms with Crippen molar-refractivity contribution in [2.75, 3.05) is 19.5 Å². The highest BCUT2D eigenvalue weighted by Gasteiger charge is 2.46. The Morgan fingerprint density at radius 1 is 1.22 bits per heavy atom. The monoisotopic (exact) mass is 317 g/mol. The van der Waals surface area contributed by atoms with E-state index < -0.39 is 0 Å². The first kappa shape index (κ1) is 15.2. The molecule has 1 aliphatic rings. The summed E-state index contributed by atoms with van der Waals surface area (Å²) in [6, 6.07) is 7.02. The number of carbonyl (C=O) groups excluding carboxylic acids is 1. The number of methoxy groups -OCH3 is 2. The summed E-state index contributed by atoms with van der Waals surface area (Å²) in [7, 11) is 3.18. The van der Waals surface area contributed by atoms with Gasteiger partial charge in [-0.3, -0.25) is 5.32 Å². The highest BCUT2D eigenvalue weighted by Crippen LogP contribution is 2.47. The molecule has 2 N–H and O–H groups in total. The van der Waals surface area contributed by atoms with Gasteiger partial charge in [0, 0.05) is 6.07 Å². The van der Waals surface area contributed by atoms with Crippen LogP contribution in [0.15, 0.2) is 28.8 Å². The molecule has 3 rings (SSSR count). The van der Waals surface area contributed by atoms with Crippen LogP contribution in [0.5, 0.6) is 11.5 Å². The lowest BCUT2D eigenvalue weighted by Gasteiger charge is -2.19. The van der Waals surface area contributed by atoms with E-state index in [-0.39, 0.29) is 11.6 Å². The molecule has 0 aliphatic heterocycles. The van der Waals surface area contributed by atoms with Crippen LogP contribution in [0.3, 0.4) is 0 Å². The van der Waals surface area contributed by atoms with Crippen molar-refractivity contribution >= 4 is 11.8 Å². The van der Waals surface area contributed by atoms with Crippen LogP contribution in [0.1, 0.15) is 24.2 Å². The number of rotatable bonds is 5. The first-order valence-electron chi connectivity index (χ1n) is 7.31. The Morgan fingerprint density at radius 3 is 2.52 bits per heavy atom. The molecule has 0 unspecified atom stereocenters. The van der Waals surface area contributed by atoms with Crippen LogP contribution in [-0.2, 0) is 5.54 Å². The molecule has 1 fully saturated rings. The molecule has 1 aromatic carbocycles. The maximum atomic E-state index is 12.2. The van der Waals surface area contributed by atoms with Gasteiger partial charge in [0.1, 0.15) is 5.76 Å². The molecule has 0 radical (unpaired) electrons. The Kier molecular flexibility index (Phi) is 3.85. The van der Waals surface area contributed by atoms with E-state index in [1.807, 2.05) is 18.2 Å². The van der Waals surface area contributed by atoms with Gasteiger partial charge in [0.15, 0.2) is 17.3 Å². The Balaban J connectivity index is 1.73. The van der Waals surface area contributed by atoms with Gasteiger partial charge in [-0.2, -0.15) is 0 Å². The van der Waals surface area contributed by atoms with E-state index in [2.05, 4.69) is 15.8 Å². The van der Waals surface area contributed by atoms with Crippen molar-refractivity contribution in [1.82, 2.24) is 10.5 Å². The van der Waals surface area contributed by atoms with E-state index in [4.69, 9.17) is 14.0 Å². The lowest BCUT2D eigenvalue weighted by molar-refractivity contribution is 0.247. The topological polar surface area (TPSA) is 85.6 Å². The minimum atomic E-state index is -0.373. The molecule has 0 atom stereocenters. The number of amides is 2. The average Bonchev–Trinajstić information content (AvgIpc) is 3.21. The normalized spacial score (nSPS) is 14.9. The van der Waals surface area contributed by atoms with E-state index >= 15 is 0 Å². The minimum absolute atomic E-state index is 0.314. The van der Waals surface area contributed by atoms with Gasteiger partial charge in [0.2, 0.25) is 0 Å². The summed E-state index contributed by atoms with van der Waals surface area (Å²) in [5.74, 6) is 2.34. The van der Waals surface area contributed by atoms with Crippen molar-refractivity contribution in [2.45, 2.75) is 25.3 Å². The van der Waals surface area contributed by atoms with Gasteiger partial charge in [0.25, 0.3) is 0 Å². The van der Waals surface area contributed by atoms with Gasteiger partial charge in [-0.15, -0.1) is 0 Å². The molecule has 1 aliphatic carbocycles. The minimum Gasteiger partial charge on any atom is -0.493 e. The number of urea groups is 1. The zero-order valence-electron chi connectivity index (χ0n) is 13.3. The maximum Gasteiger partial charge on any atom is 0.321 e. The van der Waals surface area contributed by atoms with E-state index in [1.54, 1.807) is 27.2 Å². The second-order valence-corrected chi connectivity index (χ2v) is 5.55. The van der Waals surface area contributed by atoms with Crippen LogP contribution in [0.25, 0.3) is 0 Å². The van der Waals surface area contributed by atoms with Gasteiger partial charge in [-0.1, -0.05) is 11.2 Å². The van der Waals surface area contributed by atoms with Crippen LogP contribution in [-0.4, -0.2) is 25.4 Å². The van der Waals surface area contributed by atoms with Crippen molar-refractivity contribution in [2.24, 2.45) is 0 Å².